The molecule has 0 radical (unpaired) electrons. The number of thiazole rings is 1. The largest absolute Gasteiger partial charge is 0.506 e. The number of phenolic OH excluding ortho intramolecular Hbond substituents is 1. The predicted octanol–water partition coefficient (Wildman–Crippen LogP) is 5.84. The van der Waals surface area contributed by atoms with E-state index < -0.39 is 0 Å². The van der Waals surface area contributed by atoms with Gasteiger partial charge in [0, 0.05) is 27.8 Å². The summed E-state index contributed by atoms with van der Waals surface area (Å²) in [4.78, 5) is 17.0. The van der Waals surface area contributed by atoms with Gasteiger partial charge in [-0.2, -0.15) is 0 Å². The van der Waals surface area contributed by atoms with Gasteiger partial charge < -0.3 is 10.4 Å². The fourth-order valence-corrected chi connectivity index (χ4v) is 4.67. The van der Waals surface area contributed by atoms with Crippen LogP contribution >= 0.6 is 43.2 Å². The number of aromatic nitrogens is 1. The number of amides is 1. The summed E-state index contributed by atoms with van der Waals surface area (Å²) in [5.74, 6) is -0.0171. The van der Waals surface area contributed by atoms with E-state index in [0.717, 1.165) is 33.1 Å². The Labute approximate surface area is 170 Å². The highest BCUT2D eigenvalue weighted by Gasteiger charge is 2.25. The van der Waals surface area contributed by atoms with E-state index in [1.165, 1.54) is 0 Å². The van der Waals surface area contributed by atoms with Crippen LogP contribution < -0.4 is 5.32 Å². The topological polar surface area (TPSA) is 62.2 Å². The van der Waals surface area contributed by atoms with Gasteiger partial charge in [0.15, 0.2) is 0 Å². The van der Waals surface area contributed by atoms with E-state index in [2.05, 4.69) is 42.2 Å². The number of benzene rings is 2. The Kier molecular flexibility index (Phi) is 4.46. The third-order valence-corrected chi connectivity index (χ3v) is 6.05. The molecule has 2 aromatic carbocycles. The first-order valence-corrected chi connectivity index (χ1v) is 10.2. The van der Waals surface area contributed by atoms with E-state index in [1.807, 2.05) is 36.6 Å². The van der Waals surface area contributed by atoms with Crippen LogP contribution in [0.15, 0.2) is 44.7 Å². The van der Waals surface area contributed by atoms with Gasteiger partial charge in [-0.25, -0.2) is 4.98 Å². The first kappa shape index (κ1) is 17.5. The zero-order chi connectivity index (χ0) is 18.4. The molecule has 0 spiro atoms. The summed E-state index contributed by atoms with van der Waals surface area (Å²) < 4.78 is 1.12. The number of phenols is 1. The number of carbonyl (C=O) groups is 1. The lowest BCUT2D eigenvalue weighted by Gasteiger charge is -2.05. The molecule has 0 bridgehead atoms. The Morgan fingerprint density at radius 1 is 1.19 bits per heavy atom. The van der Waals surface area contributed by atoms with Gasteiger partial charge in [-0.3, -0.25) is 4.79 Å². The van der Waals surface area contributed by atoms with Gasteiger partial charge in [0.1, 0.15) is 5.75 Å². The maximum Gasteiger partial charge on any atom is 0.256 e. The molecule has 1 aromatic heterocycles. The molecule has 130 valence electrons. The number of rotatable bonds is 2. The summed E-state index contributed by atoms with van der Waals surface area (Å²) in [7, 11) is 0. The van der Waals surface area contributed by atoms with Crippen molar-refractivity contribution in [3.8, 4) is 17.0 Å². The molecule has 4 nitrogen and oxygen atoms in total. The summed E-state index contributed by atoms with van der Waals surface area (Å²) in [6, 6.07) is 9.39. The average Bonchev–Trinajstić information content (AvgIpc) is 3.16. The van der Waals surface area contributed by atoms with Crippen molar-refractivity contribution in [2.45, 2.75) is 6.92 Å². The maximum absolute atomic E-state index is 12.5. The normalized spacial score (nSPS) is 14.6. The van der Waals surface area contributed by atoms with Gasteiger partial charge in [0.2, 0.25) is 0 Å². The van der Waals surface area contributed by atoms with Gasteiger partial charge >= 0.3 is 0 Å². The minimum absolute atomic E-state index is 0.129. The average molecular weight is 492 g/mol. The summed E-state index contributed by atoms with van der Waals surface area (Å²) in [5.41, 5.74) is 4.90. The number of nitrogens with one attached hydrogen (secondary N) is 1. The summed E-state index contributed by atoms with van der Waals surface area (Å²) >= 11 is 8.24. The third-order valence-electron chi connectivity index (χ3n) is 4.07. The monoisotopic (exact) mass is 490 g/mol. The number of hydrogen-bond donors (Lipinski definition) is 2. The second kappa shape index (κ2) is 6.64. The van der Waals surface area contributed by atoms with Crippen LogP contribution in [0, 0.1) is 6.92 Å². The van der Waals surface area contributed by atoms with E-state index in [1.54, 1.807) is 23.5 Å². The fraction of sp³-hybridized carbons (Fsp3) is 0.0526. The lowest BCUT2D eigenvalue weighted by Crippen LogP contribution is -2.03. The zero-order valence-electron chi connectivity index (χ0n) is 13.5. The number of hydrogen-bond acceptors (Lipinski definition) is 4. The zero-order valence-corrected chi connectivity index (χ0v) is 17.5. The molecule has 0 saturated heterocycles. The molecule has 1 aliphatic rings. The minimum atomic E-state index is -0.146. The van der Waals surface area contributed by atoms with Crippen molar-refractivity contribution in [2.75, 3.05) is 5.32 Å². The number of carbonyl (C=O) groups excluding carboxylic acids is 1. The highest BCUT2D eigenvalue weighted by Crippen LogP contribution is 2.38. The molecule has 26 heavy (non-hydrogen) atoms. The van der Waals surface area contributed by atoms with Crippen molar-refractivity contribution in [3.05, 3.63) is 60.8 Å². The van der Waals surface area contributed by atoms with Crippen molar-refractivity contribution in [1.29, 1.82) is 0 Å². The summed E-state index contributed by atoms with van der Waals surface area (Å²) in [6.45, 7) is 1.97. The molecule has 4 rings (SSSR count). The highest BCUT2D eigenvalue weighted by atomic mass is 79.9. The van der Waals surface area contributed by atoms with Crippen molar-refractivity contribution in [1.82, 2.24) is 4.98 Å². The molecule has 0 unspecified atom stereocenters. The van der Waals surface area contributed by atoms with Crippen LogP contribution in [-0.2, 0) is 4.79 Å². The van der Waals surface area contributed by atoms with E-state index in [4.69, 9.17) is 0 Å². The van der Waals surface area contributed by atoms with E-state index >= 15 is 0 Å². The van der Waals surface area contributed by atoms with E-state index in [0.29, 0.717) is 14.5 Å². The van der Waals surface area contributed by atoms with Crippen LogP contribution in [0.4, 0.5) is 5.69 Å². The first-order chi connectivity index (χ1) is 12.4. The number of halogens is 2. The molecular weight excluding hydrogens is 480 g/mol. The second-order valence-corrected chi connectivity index (χ2v) is 8.63. The van der Waals surface area contributed by atoms with Crippen LogP contribution in [0.3, 0.4) is 0 Å². The lowest BCUT2D eigenvalue weighted by atomic mass is 10.0. The number of aromatic hydroxyl groups is 1. The smallest absolute Gasteiger partial charge is 0.256 e. The van der Waals surface area contributed by atoms with Crippen LogP contribution in [0.1, 0.15) is 16.1 Å². The molecule has 0 atom stereocenters. The summed E-state index contributed by atoms with van der Waals surface area (Å²) in [6.07, 6.45) is 1.81. The van der Waals surface area contributed by atoms with Crippen molar-refractivity contribution in [2.24, 2.45) is 0 Å². The maximum atomic E-state index is 12.5. The molecule has 0 saturated carbocycles. The predicted molar refractivity (Wildman–Crippen MR) is 112 cm³/mol. The molecule has 3 aromatic rings. The molecule has 2 heterocycles. The molecule has 2 N–H and O–H groups in total. The van der Waals surface area contributed by atoms with Gasteiger partial charge in [-0.1, -0.05) is 6.07 Å². The Hall–Kier alpha value is -1.96. The molecule has 0 aliphatic carbocycles. The Bertz CT molecular complexity index is 1070. The molecule has 1 amide bonds. The second-order valence-electron chi connectivity index (χ2n) is 5.86. The standard InChI is InChI=1S/C19H12Br2N2O2S/c1-9-22-17(8-26-9)11-2-3-16-12(7-11)13(19(25)23-16)4-10-5-14(20)18(24)15(21)6-10/h2-8,24H,1H3,(H,23,25)/b13-4-. The summed E-state index contributed by atoms with van der Waals surface area (Å²) in [5, 5.41) is 15.8. The van der Waals surface area contributed by atoms with E-state index in [9.17, 15) is 9.90 Å². The lowest BCUT2D eigenvalue weighted by molar-refractivity contribution is -0.110. The third kappa shape index (κ3) is 3.11. The number of fused-ring (bicyclic) bond motifs is 1. The van der Waals surface area contributed by atoms with Gasteiger partial charge in [0.05, 0.1) is 19.6 Å². The first-order valence-electron chi connectivity index (χ1n) is 7.70. The van der Waals surface area contributed by atoms with Crippen molar-refractivity contribution >= 4 is 66.4 Å². The van der Waals surface area contributed by atoms with Crippen LogP contribution in [-0.4, -0.2) is 16.0 Å². The van der Waals surface area contributed by atoms with Crippen LogP contribution in [0.25, 0.3) is 22.9 Å². The Balaban J connectivity index is 1.81. The quantitative estimate of drug-likeness (QED) is 0.442. The van der Waals surface area contributed by atoms with Gasteiger partial charge in [-0.05, 0) is 74.7 Å². The Morgan fingerprint density at radius 2 is 1.92 bits per heavy atom. The van der Waals surface area contributed by atoms with Crippen LogP contribution in [0.5, 0.6) is 5.75 Å². The van der Waals surface area contributed by atoms with E-state index in [-0.39, 0.29) is 11.7 Å². The fourth-order valence-electron chi connectivity index (χ4n) is 2.82. The van der Waals surface area contributed by atoms with Gasteiger partial charge in [-0.15, -0.1) is 11.3 Å². The van der Waals surface area contributed by atoms with Crippen molar-refractivity contribution in [3.63, 3.8) is 0 Å². The number of nitrogens with zero attached hydrogens (tertiary/aromatic N) is 1. The van der Waals surface area contributed by atoms with Gasteiger partial charge in [0.25, 0.3) is 5.91 Å². The molecule has 0 fully saturated rings. The molecular formula is C19H12Br2N2O2S. The minimum Gasteiger partial charge on any atom is -0.506 e. The van der Waals surface area contributed by atoms with Crippen LogP contribution in [0.2, 0.25) is 0 Å². The Morgan fingerprint density at radius 3 is 2.58 bits per heavy atom. The number of aryl methyl sites for hydroxylation is 1. The highest BCUT2D eigenvalue weighted by molar-refractivity contribution is 9.11. The molecule has 7 heteroatoms. The molecule has 1 aliphatic heterocycles. The number of anilines is 1. The SMILES string of the molecule is Cc1nc(-c2ccc3c(c2)/C(=C/c2cc(Br)c(O)c(Br)c2)C(=O)N3)cs1. The van der Waals surface area contributed by atoms with Crippen molar-refractivity contribution < 1.29 is 9.90 Å².